The molecule has 0 bridgehead atoms. The number of fused-ring (bicyclic) bond motifs is 1. The van der Waals surface area contributed by atoms with Gasteiger partial charge in [-0.2, -0.15) is 0 Å². The predicted molar refractivity (Wildman–Crippen MR) is 101 cm³/mol. The van der Waals surface area contributed by atoms with Gasteiger partial charge in [0.05, 0.1) is 11.2 Å². The summed E-state index contributed by atoms with van der Waals surface area (Å²) >= 11 is 15.6. The van der Waals surface area contributed by atoms with Crippen LogP contribution in [0.15, 0.2) is 52.3 Å². The summed E-state index contributed by atoms with van der Waals surface area (Å²) in [5, 5.41) is 2.56. The van der Waals surface area contributed by atoms with Crippen LogP contribution in [0.1, 0.15) is 0 Å². The van der Waals surface area contributed by atoms with Crippen molar-refractivity contribution in [1.82, 2.24) is 4.98 Å². The van der Waals surface area contributed by atoms with Gasteiger partial charge in [-0.25, -0.2) is 4.98 Å². The summed E-state index contributed by atoms with van der Waals surface area (Å²) in [6.07, 6.45) is 4.16. The van der Waals surface area contributed by atoms with E-state index in [-0.39, 0.29) is 0 Å². The van der Waals surface area contributed by atoms with E-state index in [0.29, 0.717) is 0 Å². The molecule has 1 aromatic heterocycles. The lowest BCUT2D eigenvalue weighted by Gasteiger charge is -2.14. The SMILES string of the molecule is CSc1c(-c2ccc(Cl)cc2)nc2ccc(Cl)cc2c1SC. The lowest BCUT2D eigenvalue weighted by Crippen LogP contribution is -1.93. The second-order valence-corrected chi connectivity index (χ2v) is 7.20. The molecule has 5 heteroatoms. The Bertz CT molecular complexity index is 832. The zero-order valence-corrected chi connectivity index (χ0v) is 15.2. The van der Waals surface area contributed by atoms with E-state index < -0.39 is 0 Å². The number of hydrogen-bond acceptors (Lipinski definition) is 3. The summed E-state index contributed by atoms with van der Waals surface area (Å²) in [6, 6.07) is 13.7. The molecule has 0 saturated carbocycles. The van der Waals surface area contributed by atoms with Crippen molar-refractivity contribution in [3.05, 3.63) is 52.5 Å². The zero-order valence-electron chi connectivity index (χ0n) is 12.1. The largest absolute Gasteiger partial charge is 0.247 e. The first kappa shape index (κ1) is 16.0. The monoisotopic (exact) mass is 365 g/mol. The summed E-state index contributed by atoms with van der Waals surface area (Å²) in [6.45, 7) is 0. The van der Waals surface area contributed by atoms with Crippen LogP contribution < -0.4 is 0 Å². The van der Waals surface area contributed by atoms with Crippen molar-refractivity contribution in [2.45, 2.75) is 9.79 Å². The lowest BCUT2D eigenvalue weighted by atomic mass is 10.1. The van der Waals surface area contributed by atoms with E-state index in [0.717, 1.165) is 32.2 Å². The molecule has 3 aromatic rings. The molecule has 0 saturated heterocycles. The molecule has 0 N–H and O–H groups in total. The van der Waals surface area contributed by atoms with Crippen molar-refractivity contribution < 1.29 is 0 Å². The average molecular weight is 366 g/mol. The Kier molecular flexibility index (Phi) is 4.88. The van der Waals surface area contributed by atoms with Crippen LogP contribution in [0.5, 0.6) is 0 Å². The van der Waals surface area contributed by atoms with Gasteiger partial charge in [0.2, 0.25) is 0 Å². The van der Waals surface area contributed by atoms with Gasteiger partial charge in [0.15, 0.2) is 0 Å². The summed E-state index contributed by atoms with van der Waals surface area (Å²) < 4.78 is 0. The van der Waals surface area contributed by atoms with Crippen molar-refractivity contribution in [3.8, 4) is 11.3 Å². The van der Waals surface area contributed by atoms with Crippen molar-refractivity contribution in [2.24, 2.45) is 0 Å². The Balaban J connectivity index is 2.34. The number of halogens is 2. The minimum Gasteiger partial charge on any atom is -0.247 e. The highest BCUT2D eigenvalue weighted by Crippen LogP contribution is 2.41. The molecule has 2 aromatic carbocycles. The number of hydrogen-bond donors (Lipinski definition) is 0. The second-order valence-electron chi connectivity index (χ2n) is 4.70. The Morgan fingerprint density at radius 3 is 2.09 bits per heavy atom. The highest BCUT2D eigenvalue weighted by molar-refractivity contribution is 8.01. The highest BCUT2D eigenvalue weighted by Gasteiger charge is 2.15. The average Bonchev–Trinajstić information content (AvgIpc) is 2.53. The van der Waals surface area contributed by atoms with Crippen molar-refractivity contribution >= 4 is 57.6 Å². The maximum absolute atomic E-state index is 6.16. The second kappa shape index (κ2) is 6.71. The Hall–Kier alpha value is -0.870. The first-order valence-electron chi connectivity index (χ1n) is 6.61. The molecule has 0 aliphatic carbocycles. The highest BCUT2D eigenvalue weighted by atomic mass is 35.5. The van der Waals surface area contributed by atoms with E-state index >= 15 is 0 Å². The van der Waals surface area contributed by atoms with Gasteiger partial charge < -0.3 is 0 Å². The van der Waals surface area contributed by atoms with Gasteiger partial charge in [0.25, 0.3) is 0 Å². The van der Waals surface area contributed by atoms with Gasteiger partial charge in [-0.1, -0.05) is 35.3 Å². The van der Waals surface area contributed by atoms with E-state index in [1.165, 1.54) is 9.79 Å². The zero-order chi connectivity index (χ0) is 15.7. The molecule has 0 aliphatic rings. The first-order chi connectivity index (χ1) is 10.6. The van der Waals surface area contributed by atoms with Crippen LogP contribution in [-0.2, 0) is 0 Å². The molecule has 1 nitrogen and oxygen atoms in total. The summed E-state index contributed by atoms with van der Waals surface area (Å²) in [7, 11) is 0. The fourth-order valence-electron chi connectivity index (χ4n) is 2.38. The molecule has 0 unspecified atom stereocenters. The molecule has 112 valence electrons. The van der Waals surface area contributed by atoms with Crippen molar-refractivity contribution in [3.63, 3.8) is 0 Å². The fraction of sp³-hybridized carbons (Fsp3) is 0.118. The Labute approximate surface area is 148 Å². The number of nitrogens with zero attached hydrogens (tertiary/aromatic N) is 1. The molecule has 1 heterocycles. The molecule has 3 rings (SSSR count). The summed E-state index contributed by atoms with van der Waals surface area (Å²) in [5.41, 5.74) is 3.01. The third-order valence-corrected chi connectivity index (χ3v) is 5.64. The van der Waals surface area contributed by atoms with Crippen LogP contribution in [0.3, 0.4) is 0 Å². The number of rotatable bonds is 3. The minimum absolute atomic E-state index is 0.729. The maximum Gasteiger partial charge on any atom is 0.0856 e. The quantitative estimate of drug-likeness (QED) is 0.482. The van der Waals surface area contributed by atoms with Crippen molar-refractivity contribution in [1.29, 1.82) is 0 Å². The maximum atomic E-state index is 6.16. The molecule has 22 heavy (non-hydrogen) atoms. The summed E-state index contributed by atoms with van der Waals surface area (Å²) in [5.74, 6) is 0. The van der Waals surface area contributed by atoms with Gasteiger partial charge in [0, 0.05) is 30.8 Å². The Morgan fingerprint density at radius 2 is 1.45 bits per heavy atom. The number of aromatic nitrogens is 1. The number of pyridine rings is 1. The predicted octanol–water partition coefficient (Wildman–Crippen LogP) is 6.65. The molecule has 0 aliphatic heterocycles. The van der Waals surface area contributed by atoms with Gasteiger partial charge in [-0.15, -0.1) is 23.5 Å². The molecular weight excluding hydrogens is 353 g/mol. The molecule has 0 atom stereocenters. The molecule has 0 radical (unpaired) electrons. The molecular formula is C17H13Cl2NS2. The minimum atomic E-state index is 0.729. The van der Waals surface area contributed by atoms with Gasteiger partial charge in [0.1, 0.15) is 0 Å². The third kappa shape index (κ3) is 2.95. The van der Waals surface area contributed by atoms with E-state index in [9.17, 15) is 0 Å². The summed E-state index contributed by atoms with van der Waals surface area (Å²) in [4.78, 5) is 7.24. The fourth-order valence-corrected chi connectivity index (χ4v) is 4.50. The number of thioether (sulfide) groups is 2. The van der Waals surface area contributed by atoms with Crippen molar-refractivity contribution in [2.75, 3.05) is 12.5 Å². The van der Waals surface area contributed by atoms with E-state index in [1.807, 2.05) is 42.5 Å². The molecule has 0 fully saturated rings. The normalized spacial score (nSPS) is 11.1. The van der Waals surface area contributed by atoms with Crippen LogP contribution in [0.25, 0.3) is 22.2 Å². The molecule has 0 spiro atoms. The lowest BCUT2D eigenvalue weighted by molar-refractivity contribution is 1.21. The third-order valence-electron chi connectivity index (χ3n) is 3.38. The van der Waals surface area contributed by atoms with Crippen LogP contribution >= 0.6 is 46.7 Å². The topological polar surface area (TPSA) is 12.9 Å². The number of benzene rings is 2. The smallest absolute Gasteiger partial charge is 0.0856 e. The van der Waals surface area contributed by atoms with E-state index in [1.54, 1.807) is 23.5 Å². The van der Waals surface area contributed by atoms with Gasteiger partial charge in [-0.05, 0) is 42.8 Å². The van der Waals surface area contributed by atoms with Crippen LogP contribution in [0.4, 0.5) is 0 Å². The van der Waals surface area contributed by atoms with Crippen LogP contribution in [0, 0.1) is 0 Å². The van der Waals surface area contributed by atoms with Crippen LogP contribution in [-0.4, -0.2) is 17.5 Å². The van der Waals surface area contributed by atoms with Gasteiger partial charge in [-0.3, -0.25) is 0 Å². The standard InChI is InChI=1S/C17H13Cl2NS2/c1-21-16-13-9-12(19)7-8-14(13)20-15(17(16)22-2)10-3-5-11(18)6-4-10/h3-9H,1-2H3. The van der Waals surface area contributed by atoms with Gasteiger partial charge >= 0.3 is 0 Å². The van der Waals surface area contributed by atoms with Crippen LogP contribution in [0.2, 0.25) is 10.0 Å². The first-order valence-corrected chi connectivity index (χ1v) is 9.81. The van der Waals surface area contributed by atoms with E-state index in [2.05, 4.69) is 12.5 Å². The van der Waals surface area contributed by atoms with E-state index in [4.69, 9.17) is 28.2 Å². The Morgan fingerprint density at radius 1 is 0.818 bits per heavy atom. The molecule has 0 amide bonds.